The van der Waals surface area contributed by atoms with Gasteiger partial charge in [0.05, 0.1) is 24.8 Å². The summed E-state index contributed by atoms with van der Waals surface area (Å²) in [5, 5.41) is 0. The number of nitrogens with zero attached hydrogens (tertiary/aromatic N) is 3. The van der Waals surface area contributed by atoms with Crippen molar-refractivity contribution in [2.75, 3.05) is 44.3 Å². The van der Waals surface area contributed by atoms with E-state index in [1.54, 1.807) is 12.3 Å². The molecule has 2 aromatic carbocycles. The van der Waals surface area contributed by atoms with Crippen molar-refractivity contribution in [3.8, 4) is 0 Å². The minimum Gasteiger partial charge on any atom is -0.379 e. The third-order valence-corrected chi connectivity index (χ3v) is 5.80. The lowest BCUT2D eigenvalue weighted by Gasteiger charge is -2.31. The summed E-state index contributed by atoms with van der Waals surface area (Å²) in [6.07, 6.45) is 2.65. The predicted molar refractivity (Wildman–Crippen MR) is 122 cm³/mol. The van der Waals surface area contributed by atoms with Gasteiger partial charge < -0.3 is 4.74 Å². The Kier molecular flexibility index (Phi) is 6.59. The second kappa shape index (κ2) is 9.54. The van der Waals surface area contributed by atoms with Gasteiger partial charge in [-0.1, -0.05) is 24.3 Å². The lowest BCUT2D eigenvalue weighted by Crippen LogP contribution is -2.45. The fourth-order valence-electron chi connectivity index (χ4n) is 4.31. The summed E-state index contributed by atoms with van der Waals surface area (Å²) in [4.78, 5) is 34.9. The zero-order valence-corrected chi connectivity index (χ0v) is 18.2. The Balaban J connectivity index is 1.53. The van der Waals surface area contributed by atoms with Crippen molar-refractivity contribution in [3.05, 3.63) is 64.7 Å². The van der Waals surface area contributed by atoms with Gasteiger partial charge in [0.1, 0.15) is 0 Å². The Morgan fingerprint density at radius 3 is 2.52 bits per heavy atom. The molecule has 2 heterocycles. The molecule has 0 bridgehead atoms. The number of morpholine rings is 1. The Morgan fingerprint density at radius 1 is 1.06 bits per heavy atom. The fourth-order valence-corrected chi connectivity index (χ4v) is 4.31. The number of hydrogen-bond acceptors (Lipinski definition) is 5. The van der Waals surface area contributed by atoms with Gasteiger partial charge >= 0.3 is 0 Å². The number of carbonyl (C=O) groups is 2. The van der Waals surface area contributed by atoms with Crippen LogP contribution in [0.4, 0.5) is 5.69 Å². The molecule has 1 atom stereocenters. The van der Waals surface area contributed by atoms with E-state index in [-0.39, 0.29) is 11.8 Å². The maximum atomic E-state index is 13.4. The summed E-state index contributed by atoms with van der Waals surface area (Å²) in [7, 11) is 0. The molecule has 1 fully saturated rings. The average Bonchev–Trinajstić information content (AvgIpc) is 2.76. The zero-order valence-electron chi connectivity index (χ0n) is 18.2. The predicted octanol–water partition coefficient (Wildman–Crippen LogP) is 3.37. The molecule has 0 N–H and O–H groups in total. The largest absolute Gasteiger partial charge is 0.379 e. The number of ether oxygens (including phenoxy) is 1. The molecule has 2 aliphatic rings. The highest BCUT2D eigenvalue weighted by Crippen LogP contribution is 2.32. The van der Waals surface area contributed by atoms with Gasteiger partial charge in [-0.2, -0.15) is 0 Å². The van der Waals surface area contributed by atoms with Crippen LogP contribution in [0.15, 0.2) is 47.5 Å². The van der Waals surface area contributed by atoms with Gasteiger partial charge in [0.2, 0.25) is 5.91 Å². The molecule has 0 saturated carbocycles. The second-order valence-corrected chi connectivity index (χ2v) is 8.25. The monoisotopic (exact) mass is 419 g/mol. The number of rotatable bonds is 6. The summed E-state index contributed by atoms with van der Waals surface area (Å²) >= 11 is 0. The van der Waals surface area contributed by atoms with E-state index < -0.39 is 5.92 Å². The Morgan fingerprint density at radius 2 is 1.77 bits per heavy atom. The molecule has 6 nitrogen and oxygen atoms in total. The third kappa shape index (κ3) is 4.75. The molecular formula is C25H29N3O3. The maximum absolute atomic E-state index is 13.4. The van der Waals surface area contributed by atoms with E-state index >= 15 is 0 Å². The quantitative estimate of drug-likeness (QED) is 0.409. The first kappa shape index (κ1) is 21.4. The van der Waals surface area contributed by atoms with Crippen molar-refractivity contribution in [2.24, 2.45) is 4.99 Å². The minimum absolute atomic E-state index is 0.245. The van der Waals surface area contributed by atoms with E-state index in [9.17, 15) is 9.59 Å². The Labute approximate surface area is 183 Å². The fraction of sp³-hybridized carbons (Fsp3) is 0.400. The zero-order chi connectivity index (χ0) is 21.8. The van der Waals surface area contributed by atoms with Gasteiger partial charge in [0.15, 0.2) is 0 Å². The molecule has 0 aromatic heterocycles. The number of aryl methyl sites for hydroxylation is 2. The van der Waals surface area contributed by atoms with Gasteiger partial charge in [-0.15, -0.1) is 0 Å². The van der Waals surface area contributed by atoms with Crippen LogP contribution in [0, 0.1) is 13.8 Å². The number of amides is 2. The van der Waals surface area contributed by atoms with Crippen LogP contribution in [-0.4, -0.2) is 62.3 Å². The average molecular weight is 420 g/mol. The van der Waals surface area contributed by atoms with E-state index in [0.29, 0.717) is 17.8 Å². The number of benzene rings is 2. The number of aliphatic imine (C=N–C) groups is 1. The smallest absolute Gasteiger partial charge is 0.265 e. The van der Waals surface area contributed by atoms with Gasteiger partial charge in [-0.05, 0) is 55.2 Å². The van der Waals surface area contributed by atoms with Crippen molar-refractivity contribution in [3.63, 3.8) is 0 Å². The van der Waals surface area contributed by atoms with Crippen LogP contribution in [0.25, 0.3) is 0 Å². The number of fused-ring (bicyclic) bond motifs is 1. The summed E-state index contributed by atoms with van der Waals surface area (Å²) in [6.45, 7) is 9.08. The number of carbonyl (C=O) groups excluding carboxylic acids is 2. The first-order chi connectivity index (χ1) is 15.0. The van der Waals surface area contributed by atoms with Gasteiger partial charge in [0, 0.05) is 38.0 Å². The third-order valence-electron chi connectivity index (χ3n) is 5.80. The van der Waals surface area contributed by atoms with E-state index in [2.05, 4.69) is 9.89 Å². The van der Waals surface area contributed by atoms with Crippen molar-refractivity contribution in [1.82, 2.24) is 4.90 Å². The molecule has 2 amide bonds. The van der Waals surface area contributed by atoms with Crippen LogP contribution in [0.3, 0.4) is 0 Å². The molecule has 31 heavy (non-hydrogen) atoms. The number of hydrogen-bond donors (Lipinski definition) is 0. The molecule has 2 aromatic rings. The molecular weight excluding hydrogens is 390 g/mol. The van der Waals surface area contributed by atoms with Crippen LogP contribution >= 0.6 is 0 Å². The maximum Gasteiger partial charge on any atom is 0.265 e. The van der Waals surface area contributed by atoms with Crippen LogP contribution < -0.4 is 4.90 Å². The van der Waals surface area contributed by atoms with Crippen LogP contribution in [0.2, 0.25) is 0 Å². The van der Waals surface area contributed by atoms with Crippen molar-refractivity contribution >= 4 is 23.7 Å². The van der Waals surface area contributed by atoms with Gasteiger partial charge in [0.25, 0.3) is 5.91 Å². The second-order valence-electron chi connectivity index (χ2n) is 8.25. The SMILES string of the molecule is Cc1cc(C)cc(N2C(=O)c3ccccc3[C@H](C=NCCCN3CCOCC3)C2=O)c1. The highest BCUT2D eigenvalue weighted by molar-refractivity contribution is 6.29. The lowest BCUT2D eigenvalue weighted by molar-refractivity contribution is -0.118. The van der Waals surface area contributed by atoms with Gasteiger partial charge in [-0.3, -0.25) is 19.5 Å². The van der Waals surface area contributed by atoms with Crippen molar-refractivity contribution in [2.45, 2.75) is 26.2 Å². The Hall–Kier alpha value is -2.83. The van der Waals surface area contributed by atoms with E-state index in [1.165, 1.54) is 4.90 Å². The molecule has 162 valence electrons. The van der Waals surface area contributed by atoms with Gasteiger partial charge in [-0.25, -0.2) is 4.90 Å². The van der Waals surface area contributed by atoms with Crippen LogP contribution in [0.1, 0.15) is 39.4 Å². The molecule has 0 radical (unpaired) electrons. The Bertz CT molecular complexity index is 975. The highest BCUT2D eigenvalue weighted by Gasteiger charge is 2.38. The normalized spacial score (nSPS) is 19.8. The minimum atomic E-state index is -0.557. The topological polar surface area (TPSA) is 62.2 Å². The molecule has 2 aliphatic heterocycles. The molecule has 4 rings (SSSR count). The first-order valence-electron chi connectivity index (χ1n) is 10.9. The van der Waals surface area contributed by atoms with E-state index in [1.807, 2.05) is 50.2 Å². The summed E-state index contributed by atoms with van der Waals surface area (Å²) in [6, 6.07) is 13.1. The van der Waals surface area contributed by atoms with Crippen LogP contribution in [-0.2, 0) is 9.53 Å². The van der Waals surface area contributed by atoms with Crippen LogP contribution in [0.5, 0.6) is 0 Å². The number of imide groups is 1. The molecule has 1 saturated heterocycles. The van der Waals surface area contributed by atoms with Crippen molar-refractivity contribution < 1.29 is 14.3 Å². The highest BCUT2D eigenvalue weighted by atomic mass is 16.5. The standard InChI is InChI=1S/C25H29N3O3/c1-18-14-19(2)16-20(15-18)28-24(29)22-7-4-3-6-21(22)23(25(28)30)17-26-8-5-9-27-10-12-31-13-11-27/h3-4,6-7,14-17,23H,5,8-13H2,1-2H3/t23-/m0/s1. The van der Waals surface area contributed by atoms with E-state index in [0.717, 1.165) is 56.0 Å². The van der Waals surface area contributed by atoms with Crippen molar-refractivity contribution in [1.29, 1.82) is 0 Å². The first-order valence-corrected chi connectivity index (χ1v) is 10.9. The molecule has 6 heteroatoms. The number of anilines is 1. The summed E-state index contributed by atoms with van der Waals surface area (Å²) in [5.41, 5.74) is 3.94. The molecule has 0 spiro atoms. The lowest BCUT2D eigenvalue weighted by atomic mass is 9.88. The summed E-state index contributed by atoms with van der Waals surface area (Å²) in [5.74, 6) is -1.08. The molecule has 0 unspecified atom stereocenters. The summed E-state index contributed by atoms with van der Waals surface area (Å²) < 4.78 is 5.38. The molecule has 0 aliphatic carbocycles. The van der Waals surface area contributed by atoms with E-state index in [4.69, 9.17) is 4.74 Å².